The zero-order chi connectivity index (χ0) is 18.3. The molecule has 1 amide bonds. The molecule has 0 aromatic heterocycles. The molecule has 140 valence electrons. The fourth-order valence-electron chi connectivity index (χ4n) is 4.67. The average molecular weight is 358 g/mol. The molecule has 1 aliphatic carbocycles. The number of fused-ring (bicyclic) bond motifs is 1. The molecule has 26 heavy (non-hydrogen) atoms. The molecule has 0 spiro atoms. The number of nitrogens with zero attached hydrogens (tertiary/aromatic N) is 2. The fraction of sp³-hybridized carbons (Fsp3) is 0.600. The third-order valence-corrected chi connectivity index (χ3v) is 6.52. The molecule has 0 bridgehead atoms. The highest BCUT2D eigenvalue weighted by atomic mass is 16.4. The lowest BCUT2D eigenvalue weighted by Gasteiger charge is -2.31. The topological polar surface area (TPSA) is 81.1 Å². The van der Waals surface area contributed by atoms with E-state index in [1.165, 1.54) is 0 Å². The second kappa shape index (κ2) is 6.58. The molecule has 3 aliphatic rings. The van der Waals surface area contributed by atoms with Crippen molar-refractivity contribution in [3.63, 3.8) is 0 Å². The van der Waals surface area contributed by atoms with Crippen LogP contribution < -0.4 is 0 Å². The van der Waals surface area contributed by atoms with Crippen molar-refractivity contribution in [2.75, 3.05) is 32.7 Å². The normalized spacial score (nSPS) is 28.8. The number of amides is 1. The Bertz CT molecular complexity index is 700. The van der Waals surface area contributed by atoms with Crippen LogP contribution in [0.25, 0.3) is 0 Å². The Morgan fingerprint density at radius 3 is 2.42 bits per heavy atom. The molecule has 6 nitrogen and oxygen atoms in total. The van der Waals surface area contributed by atoms with E-state index in [0.29, 0.717) is 19.6 Å². The summed E-state index contributed by atoms with van der Waals surface area (Å²) in [5, 5.41) is 19.3. The van der Waals surface area contributed by atoms with Gasteiger partial charge in [0.25, 0.3) is 0 Å². The van der Waals surface area contributed by atoms with Gasteiger partial charge in [0.2, 0.25) is 5.91 Å². The van der Waals surface area contributed by atoms with E-state index in [1.807, 2.05) is 17.0 Å². The van der Waals surface area contributed by atoms with Gasteiger partial charge in [0.1, 0.15) is 11.2 Å². The molecule has 4 rings (SSSR count). The molecule has 2 aliphatic heterocycles. The summed E-state index contributed by atoms with van der Waals surface area (Å²) in [4.78, 5) is 28.7. The van der Waals surface area contributed by atoms with Crippen molar-refractivity contribution in [2.45, 2.75) is 25.7 Å². The predicted octanol–water partition coefficient (Wildman–Crippen LogP) is 1.58. The van der Waals surface area contributed by atoms with Crippen LogP contribution in [0, 0.1) is 17.3 Å². The zero-order valence-corrected chi connectivity index (χ0v) is 14.9. The van der Waals surface area contributed by atoms with Crippen LogP contribution in [0.15, 0.2) is 24.3 Å². The summed E-state index contributed by atoms with van der Waals surface area (Å²) in [6.45, 7) is 2.99. The Morgan fingerprint density at radius 1 is 1.12 bits per heavy atom. The lowest BCUT2D eigenvalue weighted by molar-refractivity contribution is -0.149. The summed E-state index contributed by atoms with van der Waals surface area (Å²) >= 11 is 0. The van der Waals surface area contributed by atoms with Gasteiger partial charge >= 0.3 is 5.97 Å². The summed E-state index contributed by atoms with van der Waals surface area (Å²) in [5.74, 6) is -0.194. The third-order valence-electron chi connectivity index (χ3n) is 6.52. The van der Waals surface area contributed by atoms with Gasteiger partial charge < -0.3 is 20.0 Å². The van der Waals surface area contributed by atoms with Gasteiger partial charge in [-0.05, 0) is 37.0 Å². The summed E-state index contributed by atoms with van der Waals surface area (Å²) in [7, 11) is 0. The number of aromatic hydroxyl groups is 1. The number of carboxylic acid groups (broad SMARTS) is 1. The van der Waals surface area contributed by atoms with E-state index in [1.54, 1.807) is 12.1 Å². The van der Waals surface area contributed by atoms with Crippen molar-refractivity contribution >= 4 is 11.9 Å². The molecular weight excluding hydrogens is 332 g/mol. The van der Waals surface area contributed by atoms with Gasteiger partial charge in [-0.25, -0.2) is 0 Å². The van der Waals surface area contributed by atoms with Crippen LogP contribution in [-0.2, 0) is 16.0 Å². The van der Waals surface area contributed by atoms with Gasteiger partial charge in [-0.15, -0.1) is 0 Å². The highest BCUT2D eigenvalue weighted by Crippen LogP contribution is 2.44. The van der Waals surface area contributed by atoms with Crippen molar-refractivity contribution < 1.29 is 19.8 Å². The van der Waals surface area contributed by atoms with Crippen LogP contribution in [0.4, 0.5) is 0 Å². The summed E-state index contributed by atoms with van der Waals surface area (Å²) in [5.41, 5.74) is 0.319. The molecule has 1 aromatic carbocycles. The maximum Gasteiger partial charge on any atom is 0.313 e. The van der Waals surface area contributed by atoms with Crippen LogP contribution in [0.5, 0.6) is 5.75 Å². The van der Waals surface area contributed by atoms with E-state index in [9.17, 15) is 19.8 Å². The van der Waals surface area contributed by atoms with Gasteiger partial charge in [0, 0.05) is 44.6 Å². The van der Waals surface area contributed by atoms with Crippen LogP contribution in [-0.4, -0.2) is 64.6 Å². The van der Waals surface area contributed by atoms with Crippen molar-refractivity contribution in [1.82, 2.24) is 9.80 Å². The second-order valence-electron chi connectivity index (χ2n) is 8.16. The third kappa shape index (κ3) is 2.96. The maximum absolute atomic E-state index is 12.5. The van der Waals surface area contributed by atoms with Gasteiger partial charge in [-0.3, -0.25) is 9.59 Å². The molecule has 0 unspecified atom stereocenters. The molecule has 2 atom stereocenters. The van der Waals surface area contributed by atoms with E-state index in [0.717, 1.165) is 44.3 Å². The summed E-state index contributed by atoms with van der Waals surface area (Å²) in [6.07, 6.45) is 3.86. The summed E-state index contributed by atoms with van der Waals surface area (Å²) < 4.78 is 0. The Labute approximate surface area is 153 Å². The van der Waals surface area contributed by atoms with E-state index in [2.05, 4.69) is 4.90 Å². The average Bonchev–Trinajstić information content (AvgIpc) is 3.07. The molecule has 2 heterocycles. The Hall–Kier alpha value is -2.08. The molecule has 0 radical (unpaired) electrons. The molecule has 1 saturated carbocycles. The monoisotopic (exact) mass is 358 g/mol. The highest BCUT2D eigenvalue weighted by Gasteiger charge is 2.58. The van der Waals surface area contributed by atoms with E-state index in [-0.39, 0.29) is 23.5 Å². The highest BCUT2D eigenvalue weighted by molar-refractivity contribution is 5.83. The van der Waals surface area contributed by atoms with Crippen molar-refractivity contribution in [3.05, 3.63) is 29.8 Å². The minimum Gasteiger partial charge on any atom is -0.508 e. The molecule has 1 aromatic rings. The Kier molecular flexibility index (Phi) is 4.39. The summed E-state index contributed by atoms with van der Waals surface area (Å²) in [6, 6.07) is 7.16. The number of rotatable bonds is 5. The molecule has 6 heteroatoms. The smallest absolute Gasteiger partial charge is 0.313 e. The first-order chi connectivity index (χ1) is 12.5. The number of carbonyl (C=O) groups excluding carboxylic acids is 1. The van der Waals surface area contributed by atoms with Crippen molar-refractivity contribution in [2.24, 2.45) is 17.3 Å². The number of hydrogen-bond acceptors (Lipinski definition) is 4. The maximum atomic E-state index is 12.5. The van der Waals surface area contributed by atoms with Gasteiger partial charge in [0.05, 0.1) is 0 Å². The molecule has 3 fully saturated rings. The number of carbonyl (C=O) groups is 2. The lowest BCUT2D eigenvalue weighted by atomic mass is 9.81. The number of phenols is 1. The SMILES string of the molecule is O=C(C1CCC1)N1C[C@H]2CN(CCc3ccc(O)cc3)C[C@@]2(C(=O)O)C1. The largest absolute Gasteiger partial charge is 0.508 e. The molecule has 2 saturated heterocycles. The standard InChI is InChI=1S/C20H26N2O4/c23-17-6-4-14(5-7-17)8-9-21-10-16-11-22(18(24)15-2-1-3-15)13-20(16,12-21)19(25)26/h4-7,15-16,23H,1-3,8-13H2,(H,25,26)/t16-,20-/m1/s1. The Balaban J connectivity index is 1.39. The zero-order valence-electron chi connectivity index (χ0n) is 14.9. The predicted molar refractivity (Wildman–Crippen MR) is 95.7 cm³/mol. The van der Waals surface area contributed by atoms with Crippen LogP contribution in [0.3, 0.4) is 0 Å². The van der Waals surface area contributed by atoms with E-state index < -0.39 is 11.4 Å². The van der Waals surface area contributed by atoms with Crippen LogP contribution >= 0.6 is 0 Å². The minimum atomic E-state index is -0.811. The first-order valence-corrected chi connectivity index (χ1v) is 9.50. The number of benzene rings is 1. The first-order valence-electron chi connectivity index (χ1n) is 9.50. The fourth-order valence-corrected chi connectivity index (χ4v) is 4.67. The number of aliphatic carboxylic acids is 1. The van der Waals surface area contributed by atoms with Crippen LogP contribution in [0.1, 0.15) is 24.8 Å². The first kappa shape index (κ1) is 17.3. The molecule has 2 N–H and O–H groups in total. The Morgan fingerprint density at radius 2 is 1.85 bits per heavy atom. The number of phenolic OH excluding ortho intramolecular Hbond substituents is 1. The second-order valence-corrected chi connectivity index (χ2v) is 8.16. The number of hydrogen-bond donors (Lipinski definition) is 2. The van der Waals surface area contributed by atoms with E-state index >= 15 is 0 Å². The van der Waals surface area contributed by atoms with Gasteiger partial charge in [0.15, 0.2) is 0 Å². The number of likely N-dealkylation sites (tertiary alicyclic amines) is 2. The van der Waals surface area contributed by atoms with Crippen molar-refractivity contribution in [3.8, 4) is 5.75 Å². The number of carboxylic acids is 1. The van der Waals surface area contributed by atoms with Gasteiger partial charge in [-0.2, -0.15) is 0 Å². The van der Waals surface area contributed by atoms with Crippen LogP contribution in [0.2, 0.25) is 0 Å². The van der Waals surface area contributed by atoms with Crippen molar-refractivity contribution in [1.29, 1.82) is 0 Å². The lowest BCUT2D eigenvalue weighted by Crippen LogP contribution is -2.44. The quantitative estimate of drug-likeness (QED) is 0.835. The van der Waals surface area contributed by atoms with Gasteiger partial charge in [-0.1, -0.05) is 18.6 Å². The van der Waals surface area contributed by atoms with E-state index in [4.69, 9.17) is 0 Å². The minimum absolute atomic E-state index is 0.0174. The molecular formula is C20H26N2O4.